The smallest absolute Gasteiger partial charge is 0.228 e. The van der Waals surface area contributed by atoms with Gasteiger partial charge < -0.3 is 16.0 Å². The van der Waals surface area contributed by atoms with Crippen molar-refractivity contribution in [2.24, 2.45) is 5.92 Å². The minimum Gasteiger partial charge on any atom is -0.326 e. The zero-order chi connectivity index (χ0) is 15.2. The quantitative estimate of drug-likeness (QED) is 0.796. The molecule has 0 radical (unpaired) electrons. The fraction of sp³-hybridized carbons (Fsp3) is 0.500. The first-order valence-electron chi connectivity index (χ1n) is 7.52. The summed E-state index contributed by atoms with van der Waals surface area (Å²) in [4.78, 5) is 23.7. The van der Waals surface area contributed by atoms with Crippen LogP contribution in [0.1, 0.15) is 31.7 Å². The van der Waals surface area contributed by atoms with Crippen LogP contribution in [-0.4, -0.2) is 24.9 Å². The average molecular weight is 289 g/mol. The highest BCUT2D eigenvalue weighted by Crippen LogP contribution is 2.22. The first-order valence-corrected chi connectivity index (χ1v) is 7.52. The summed E-state index contributed by atoms with van der Waals surface area (Å²) >= 11 is 0. The lowest BCUT2D eigenvalue weighted by atomic mass is 9.98. The molecule has 21 heavy (non-hydrogen) atoms. The van der Waals surface area contributed by atoms with E-state index in [1.165, 1.54) is 0 Å². The van der Waals surface area contributed by atoms with Gasteiger partial charge in [-0.05, 0) is 44.0 Å². The number of hydrogen-bond acceptors (Lipinski definition) is 3. The lowest BCUT2D eigenvalue weighted by Crippen LogP contribution is -2.37. The van der Waals surface area contributed by atoms with Crippen molar-refractivity contribution in [1.29, 1.82) is 0 Å². The van der Waals surface area contributed by atoms with Crippen LogP contribution in [0.4, 0.5) is 11.4 Å². The van der Waals surface area contributed by atoms with Gasteiger partial charge in [-0.15, -0.1) is 0 Å². The maximum atomic E-state index is 12.3. The number of nitrogens with one attached hydrogen (secondary N) is 3. The topological polar surface area (TPSA) is 70.2 Å². The van der Waals surface area contributed by atoms with Crippen molar-refractivity contribution in [3.63, 3.8) is 0 Å². The maximum Gasteiger partial charge on any atom is 0.228 e. The third-order valence-corrected chi connectivity index (χ3v) is 3.77. The molecule has 0 spiro atoms. The van der Waals surface area contributed by atoms with E-state index in [1.807, 2.05) is 32.0 Å². The largest absolute Gasteiger partial charge is 0.326 e. The van der Waals surface area contributed by atoms with Crippen molar-refractivity contribution in [2.45, 2.75) is 33.1 Å². The first kappa shape index (κ1) is 15.5. The summed E-state index contributed by atoms with van der Waals surface area (Å²) in [6.45, 7) is 5.47. The monoisotopic (exact) mass is 289 g/mol. The summed E-state index contributed by atoms with van der Waals surface area (Å²) in [5.74, 6) is 0.0314. The molecular formula is C16H23N3O2. The molecule has 1 atom stereocenters. The molecule has 5 heteroatoms. The van der Waals surface area contributed by atoms with E-state index in [4.69, 9.17) is 0 Å². The molecule has 114 valence electrons. The highest BCUT2D eigenvalue weighted by Gasteiger charge is 2.21. The predicted molar refractivity (Wildman–Crippen MR) is 84.3 cm³/mol. The van der Waals surface area contributed by atoms with Crippen LogP contribution in [0.2, 0.25) is 0 Å². The summed E-state index contributed by atoms with van der Waals surface area (Å²) in [7, 11) is 0. The van der Waals surface area contributed by atoms with Gasteiger partial charge in [0, 0.05) is 24.3 Å². The Labute approximate surface area is 125 Å². The van der Waals surface area contributed by atoms with Crippen molar-refractivity contribution in [3.05, 3.63) is 23.8 Å². The molecule has 1 aromatic carbocycles. The molecule has 3 N–H and O–H groups in total. The van der Waals surface area contributed by atoms with Gasteiger partial charge in [0.15, 0.2) is 0 Å². The number of piperidine rings is 1. The lowest BCUT2D eigenvalue weighted by molar-refractivity contribution is -0.120. The predicted octanol–water partition coefficient (Wildman–Crippen LogP) is 2.28. The molecule has 0 unspecified atom stereocenters. The first-order chi connectivity index (χ1) is 10.1. The van der Waals surface area contributed by atoms with E-state index in [2.05, 4.69) is 16.0 Å². The Hall–Kier alpha value is -1.88. The third kappa shape index (κ3) is 4.29. The van der Waals surface area contributed by atoms with Gasteiger partial charge in [0.2, 0.25) is 11.8 Å². The second-order valence-corrected chi connectivity index (χ2v) is 5.46. The van der Waals surface area contributed by atoms with E-state index >= 15 is 0 Å². The van der Waals surface area contributed by atoms with Crippen LogP contribution in [0.5, 0.6) is 0 Å². The molecule has 1 saturated heterocycles. The molecule has 1 fully saturated rings. The highest BCUT2D eigenvalue weighted by atomic mass is 16.2. The highest BCUT2D eigenvalue weighted by molar-refractivity contribution is 5.95. The van der Waals surface area contributed by atoms with Crippen LogP contribution < -0.4 is 16.0 Å². The number of carbonyl (C=O) groups excluding carboxylic acids is 2. The standard InChI is InChI=1S/C16H23N3O2/c1-3-15(20)18-13-7-6-11(2)14(9-13)19-16(21)12-5-4-8-17-10-12/h6-7,9,12,17H,3-5,8,10H2,1-2H3,(H,18,20)(H,19,21)/t12-/m1/s1. The van der Waals surface area contributed by atoms with Gasteiger partial charge in [-0.1, -0.05) is 13.0 Å². The molecule has 0 aromatic heterocycles. The van der Waals surface area contributed by atoms with Crippen molar-refractivity contribution < 1.29 is 9.59 Å². The second kappa shape index (κ2) is 7.22. The van der Waals surface area contributed by atoms with E-state index in [-0.39, 0.29) is 17.7 Å². The molecule has 1 aromatic rings. The molecule has 1 aliphatic rings. The molecule has 0 saturated carbocycles. The Kier molecular flexibility index (Phi) is 5.33. The summed E-state index contributed by atoms with van der Waals surface area (Å²) < 4.78 is 0. The second-order valence-electron chi connectivity index (χ2n) is 5.46. The van der Waals surface area contributed by atoms with Crippen LogP contribution in [0.25, 0.3) is 0 Å². The zero-order valence-electron chi connectivity index (χ0n) is 12.7. The van der Waals surface area contributed by atoms with E-state index in [0.717, 1.165) is 37.2 Å². The normalized spacial score (nSPS) is 18.1. The van der Waals surface area contributed by atoms with Gasteiger partial charge in [0.1, 0.15) is 0 Å². The van der Waals surface area contributed by atoms with Gasteiger partial charge in [-0.25, -0.2) is 0 Å². The summed E-state index contributed by atoms with van der Waals surface area (Å²) in [5.41, 5.74) is 2.46. The molecule has 0 bridgehead atoms. The van der Waals surface area contributed by atoms with Crippen LogP contribution in [0, 0.1) is 12.8 Å². The minimum atomic E-state index is -0.0346. The number of rotatable bonds is 4. The van der Waals surface area contributed by atoms with Gasteiger partial charge in [-0.3, -0.25) is 9.59 Å². The number of hydrogen-bond donors (Lipinski definition) is 3. The van der Waals surface area contributed by atoms with E-state index < -0.39 is 0 Å². The molecule has 0 aliphatic carbocycles. The Bertz CT molecular complexity index is 522. The lowest BCUT2D eigenvalue weighted by Gasteiger charge is -2.22. The van der Waals surface area contributed by atoms with Crippen molar-refractivity contribution in [2.75, 3.05) is 23.7 Å². The fourth-order valence-electron chi connectivity index (χ4n) is 2.39. The van der Waals surface area contributed by atoms with Crippen molar-refractivity contribution in [3.8, 4) is 0 Å². The van der Waals surface area contributed by atoms with E-state index in [1.54, 1.807) is 0 Å². The maximum absolute atomic E-state index is 12.3. The number of aryl methyl sites for hydroxylation is 1. The molecule has 2 amide bonds. The van der Waals surface area contributed by atoms with Gasteiger partial charge in [0.05, 0.1) is 5.92 Å². The zero-order valence-corrected chi connectivity index (χ0v) is 12.7. The number of carbonyl (C=O) groups is 2. The van der Waals surface area contributed by atoms with Crippen LogP contribution >= 0.6 is 0 Å². The Morgan fingerprint density at radius 2 is 2.14 bits per heavy atom. The number of amides is 2. The van der Waals surface area contributed by atoms with Gasteiger partial charge in [0.25, 0.3) is 0 Å². The molecule has 2 rings (SSSR count). The van der Waals surface area contributed by atoms with Crippen LogP contribution in [0.3, 0.4) is 0 Å². The van der Waals surface area contributed by atoms with Gasteiger partial charge in [-0.2, -0.15) is 0 Å². The van der Waals surface area contributed by atoms with Crippen molar-refractivity contribution in [1.82, 2.24) is 5.32 Å². The Morgan fingerprint density at radius 3 is 2.81 bits per heavy atom. The third-order valence-electron chi connectivity index (χ3n) is 3.77. The SMILES string of the molecule is CCC(=O)Nc1ccc(C)c(NC(=O)[C@@H]2CCCNC2)c1. The molecule has 5 nitrogen and oxygen atoms in total. The Morgan fingerprint density at radius 1 is 1.33 bits per heavy atom. The summed E-state index contributed by atoms with van der Waals surface area (Å²) in [5, 5.41) is 9.03. The van der Waals surface area contributed by atoms with Gasteiger partial charge >= 0.3 is 0 Å². The molecular weight excluding hydrogens is 266 g/mol. The van der Waals surface area contributed by atoms with E-state index in [9.17, 15) is 9.59 Å². The Balaban J connectivity index is 2.05. The van der Waals surface area contributed by atoms with E-state index in [0.29, 0.717) is 12.1 Å². The number of anilines is 2. The van der Waals surface area contributed by atoms with Crippen LogP contribution in [0.15, 0.2) is 18.2 Å². The summed E-state index contributed by atoms with van der Waals surface area (Å²) in [6, 6.07) is 5.57. The molecule has 1 aliphatic heterocycles. The van der Waals surface area contributed by atoms with Crippen molar-refractivity contribution >= 4 is 23.2 Å². The number of benzene rings is 1. The molecule has 1 heterocycles. The fourth-order valence-corrected chi connectivity index (χ4v) is 2.39. The van der Waals surface area contributed by atoms with Crippen LogP contribution in [-0.2, 0) is 9.59 Å². The minimum absolute atomic E-state index is 0.0204. The average Bonchev–Trinajstić information content (AvgIpc) is 2.51. The summed E-state index contributed by atoms with van der Waals surface area (Å²) in [6.07, 6.45) is 2.39.